The van der Waals surface area contributed by atoms with E-state index in [4.69, 9.17) is 9.47 Å². The Morgan fingerprint density at radius 3 is 2.00 bits per heavy atom. The van der Waals surface area contributed by atoms with Gasteiger partial charge in [0.1, 0.15) is 17.5 Å². The predicted molar refractivity (Wildman–Crippen MR) is 127 cm³/mol. The highest BCUT2D eigenvalue weighted by molar-refractivity contribution is 6.07. The molecule has 0 aromatic carbocycles. The van der Waals surface area contributed by atoms with Crippen LogP contribution < -0.4 is 0 Å². The molecule has 0 aliphatic carbocycles. The molecular weight excluding hydrogens is 443 g/mol. The fourth-order valence-electron chi connectivity index (χ4n) is 6.08. The number of esters is 1. The normalized spacial score (nSPS) is 43.9. The number of carbonyl (C=O) groups is 3. The van der Waals surface area contributed by atoms with Crippen molar-refractivity contribution in [2.75, 3.05) is 7.11 Å². The van der Waals surface area contributed by atoms with Crippen molar-refractivity contribution in [3.63, 3.8) is 0 Å². The second kappa shape index (κ2) is 10.3. The number of hydrogen-bond acceptors (Lipinski definition) is 7. The Balaban J connectivity index is 3.79. The summed E-state index contributed by atoms with van der Waals surface area (Å²) < 4.78 is 27.0. The Kier molecular flexibility index (Phi) is 9.30. The SMILES string of the molecule is CCC1OC(=O)C(C)(F)C(=O)C(C)C(C(C)(C)C)C(C)(OC)CC(C)C(=O)C(C)C(O)C1(C)O. The summed E-state index contributed by atoms with van der Waals surface area (Å²) in [6.45, 7) is 16.0. The van der Waals surface area contributed by atoms with Gasteiger partial charge in [-0.15, -0.1) is 0 Å². The van der Waals surface area contributed by atoms with Crippen molar-refractivity contribution in [2.45, 2.75) is 111 Å². The van der Waals surface area contributed by atoms with Gasteiger partial charge in [-0.1, -0.05) is 48.5 Å². The van der Waals surface area contributed by atoms with Crippen molar-refractivity contribution >= 4 is 17.5 Å². The summed E-state index contributed by atoms with van der Waals surface area (Å²) in [6, 6.07) is 0. The zero-order valence-electron chi connectivity index (χ0n) is 22.7. The number of Topliss-reactive ketones (excluding diaryl/α,β-unsaturated/α-hetero) is 2. The van der Waals surface area contributed by atoms with E-state index in [2.05, 4.69) is 0 Å². The van der Waals surface area contributed by atoms with Crippen LogP contribution in [0.1, 0.15) is 82.1 Å². The van der Waals surface area contributed by atoms with Crippen molar-refractivity contribution in [3.05, 3.63) is 0 Å². The van der Waals surface area contributed by atoms with Gasteiger partial charge in [0.15, 0.2) is 5.78 Å². The van der Waals surface area contributed by atoms with Crippen molar-refractivity contribution < 1.29 is 38.5 Å². The lowest BCUT2D eigenvalue weighted by molar-refractivity contribution is -0.198. The first kappa shape index (κ1) is 30.7. The molecule has 198 valence electrons. The summed E-state index contributed by atoms with van der Waals surface area (Å²) in [4.78, 5) is 39.6. The number of rotatable bonds is 2. The maximum absolute atomic E-state index is 15.8. The highest BCUT2D eigenvalue weighted by atomic mass is 19.1. The molecular formula is C26H45FO7. The van der Waals surface area contributed by atoms with Crippen LogP contribution in [0.5, 0.6) is 0 Å². The van der Waals surface area contributed by atoms with Crippen LogP contribution in [0.4, 0.5) is 4.39 Å². The molecule has 2 N–H and O–H groups in total. The number of hydrogen-bond donors (Lipinski definition) is 2. The summed E-state index contributed by atoms with van der Waals surface area (Å²) in [5, 5.41) is 22.0. The summed E-state index contributed by atoms with van der Waals surface area (Å²) in [5.74, 6) is -5.80. The van der Waals surface area contributed by atoms with Gasteiger partial charge in [0, 0.05) is 30.8 Å². The summed E-state index contributed by atoms with van der Waals surface area (Å²) in [6.07, 6.45) is -2.68. The molecule has 1 aliphatic heterocycles. The van der Waals surface area contributed by atoms with Crippen LogP contribution in [0.15, 0.2) is 0 Å². The molecule has 0 saturated carbocycles. The molecule has 9 atom stereocenters. The molecule has 0 spiro atoms. The van der Waals surface area contributed by atoms with Gasteiger partial charge in [-0.25, -0.2) is 9.18 Å². The van der Waals surface area contributed by atoms with E-state index in [0.717, 1.165) is 6.92 Å². The topological polar surface area (TPSA) is 110 Å². The molecule has 0 aromatic rings. The van der Waals surface area contributed by atoms with Gasteiger partial charge in [-0.05, 0) is 39.0 Å². The number of alkyl halides is 1. The molecule has 8 heteroatoms. The van der Waals surface area contributed by atoms with Crippen LogP contribution in [0.25, 0.3) is 0 Å². The average Bonchev–Trinajstić information content (AvgIpc) is 2.72. The van der Waals surface area contributed by atoms with Crippen LogP contribution >= 0.6 is 0 Å². The van der Waals surface area contributed by atoms with E-state index in [-0.39, 0.29) is 18.6 Å². The van der Waals surface area contributed by atoms with E-state index in [1.54, 1.807) is 27.7 Å². The lowest BCUT2D eigenvalue weighted by Gasteiger charge is -2.49. The first-order chi connectivity index (χ1) is 15.2. The zero-order valence-corrected chi connectivity index (χ0v) is 22.7. The highest BCUT2D eigenvalue weighted by Crippen LogP contribution is 2.47. The van der Waals surface area contributed by atoms with Gasteiger partial charge < -0.3 is 19.7 Å². The standard InChI is InChI=1S/C26H45FO7/c1-12-17-26(10,32)21(30)15(3)18(28)14(2)13-24(8,33-11)19(23(5,6)7)16(4)20(29)25(9,27)22(31)34-17/h14-17,19,21,30,32H,12-13H2,1-11H3. The monoisotopic (exact) mass is 488 g/mol. The fourth-order valence-corrected chi connectivity index (χ4v) is 6.08. The molecule has 1 aliphatic rings. The number of ketones is 2. The third-order valence-corrected chi connectivity index (χ3v) is 7.81. The molecule has 1 fully saturated rings. The van der Waals surface area contributed by atoms with E-state index < -0.39 is 69.9 Å². The van der Waals surface area contributed by atoms with Gasteiger partial charge in [-0.3, -0.25) is 9.59 Å². The van der Waals surface area contributed by atoms with Gasteiger partial charge in [0.25, 0.3) is 5.67 Å². The Hall–Kier alpha value is -1.38. The lowest BCUT2D eigenvalue weighted by atomic mass is 9.61. The quantitative estimate of drug-likeness (QED) is 0.451. The number of halogens is 1. The zero-order chi connectivity index (χ0) is 27.0. The van der Waals surface area contributed by atoms with Crippen molar-refractivity contribution in [2.24, 2.45) is 29.1 Å². The Labute approximate surface area is 203 Å². The molecule has 9 unspecified atom stereocenters. The van der Waals surface area contributed by atoms with Crippen molar-refractivity contribution in [3.8, 4) is 0 Å². The molecule has 0 bridgehead atoms. The molecule has 1 heterocycles. The van der Waals surface area contributed by atoms with E-state index in [9.17, 15) is 24.6 Å². The van der Waals surface area contributed by atoms with Gasteiger partial charge in [0.2, 0.25) is 0 Å². The lowest BCUT2D eigenvalue weighted by Crippen LogP contribution is -2.59. The Bertz CT molecular complexity index is 770. The minimum atomic E-state index is -2.98. The molecule has 34 heavy (non-hydrogen) atoms. The third kappa shape index (κ3) is 5.71. The maximum atomic E-state index is 15.8. The number of aliphatic hydroxyl groups is 2. The second-order valence-electron chi connectivity index (χ2n) is 11.8. The molecule has 7 nitrogen and oxygen atoms in total. The molecule has 1 saturated heterocycles. The van der Waals surface area contributed by atoms with Gasteiger partial charge in [-0.2, -0.15) is 0 Å². The van der Waals surface area contributed by atoms with E-state index in [0.29, 0.717) is 0 Å². The van der Waals surface area contributed by atoms with Crippen LogP contribution in [0, 0.1) is 29.1 Å². The Morgan fingerprint density at radius 1 is 1.09 bits per heavy atom. The average molecular weight is 489 g/mol. The van der Waals surface area contributed by atoms with Crippen LogP contribution in [-0.4, -0.2) is 63.9 Å². The van der Waals surface area contributed by atoms with E-state index >= 15 is 4.39 Å². The summed E-state index contributed by atoms with van der Waals surface area (Å²) in [7, 11) is 1.48. The number of ether oxygens (including phenoxy) is 2. The predicted octanol–water partition coefficient (Wildman–Crippen LogP) is 3.67. The summed E-state index contributed by atoms with van der Waals surface area (Å²) in [5.41, 5.74) is -6.62. The number of methoxy groups -OCH3 is 1. The third-order valence-electron chi connectivity index (χ3n) is 7.81. The minimum Gasteiger partial charge on any atom is -0.457 e. The van der Waals surface area contributed by atoms with Crippen LogP contribution in [-0.2, 0) is 23.9 Å². The smallest absolute Gasteiger partial charge is 0.351 e. The van der Waals surface area contributed by atoms with E-state index in [1.807, 2.05) is 20.8 Å². The Morgan fingerprint density at radius 2 is 1.59 bits per heavy atom. The number of aliphatic hydroxyl groups excluding tert-OH is 1. The summed E-state index contributed by atoms with van der Waals surface area (Å²) >= 11 is 0. The van der Waals surface area contributed by atoms with Gasteiger partial charge >= 0.3 is 5.97 Å². The second-order valence-corrected chi connectivity index (χ2v) is 11.8. The molecule has 0 amide bonds. The first-order valence-corrected chi connectivity index (χ1v) is 12.1. The molecule has 0 aromatic heterocycles. The van der Waals surface area contributed by atoms with Gasteiger partial charge in [0.05, 0.1) is 11.7 Å². The molecule has 0 radical (unpaired) electrons. The number of cyclic esters (lactones) is 1. The first-order valence-electron chi connectivity index (χ1n) is 12.1. The molecule has 1 rings (SSSR count). The minimum absolute atomic E-state index is 0.0401. The van der Waals surface area contributed by atoms with E-state index in [1.165, 1.54) is 21.0 Å². The van der Waals surface area contributed by atoms with Crippen molar-refractivity contribution in [1.29, 1.82) is 0 Å². The van der Waals surface area contributed by atoms with Crippen LogP contribution in [0.3, 0.4) is 0 Å². The fraction of sp³-hybridized carbons (Fsp3) is 0.885. The maximum Gasteiger partial charge on any atom is 0.351 e. The van der Waals surface area contributed by atoms with Crippen LogP contribution in [0.2, 0.25) is 0 Å². The largest absolute Gasteiger partial charge is 0.457 e. The van der Waals surface area contributed by atoms with Crippen molar-refractivity contribution in [1.82, 2.24) is 0 Å². The highest BCUT2D eigenvalue weighted by Gasteiger charge is 2.56. The number of carbonyl (C=O) groups excluding carboxylic acids is 3.